The van der Waals surface area contributed by atoms with Gasteiger partial charge in [-0.1, -0.05) is 30.3 Å². The summed E-state index contributed by atoms with van der Waals surface area (Å²) in [5.41, 5.74) is 3.16. The number of benzene rings is 2. The molecule has 0 radical (unpaired) electrons. The van der Waals surface area contributed by atoms with Gasteiger partial charge in [0.05, 0.1) is 13.2 Å². The van der Waals surface area contributed by atoms with Crippen molar-refractivity contribution in [1.82, 2.24) is 0 Å². The Balaban J connectivity index is 2.15. The van der Waals surface area contributed by atoms with Crippen LogP contribution >= 0.6 is 0 Å². The first-order chi connectivity index (χ1) is 9.61. The summed E-state index contributed by atoms with van der Waals surface area (Å²) in [7, 11) is 1.60. The Kier molecular flexibility index (Phi) is 4.64. The van der Waals surface area contributed by atoms with Crippen LogP contribution in [0.25, 0.3) is 0 Å². The lowest BCUT2D eigenvalue weighted by molar-refractivity contribution is 0.198. The summed E-state index contributed by atoms with van der Waals surface area (Å²) < 4.78 is 11.1. The number of rotatable bonds is 5. The number of hydrogen-bond acceptors (Lipinski definition) is 3. The van der Waals surface area contributed by atoms with Gasteiger partial charge in [-0.2, -0.15) is 0 Å². The standard InChI is InChI=1S/C17H20O3/c1-12-6-4-5-7-15(12)11-20-16-9-8-14(13(2)18)10-17(16)19-3/h4-10,13,18H,11H2,1-3H3. The molecule has 3 heteroatoms. The highest BCUT2D eigenvalue weighted by molar-refractivity contribution is 5.43. The highest BCUT2D eigenvalue weighted by Gasteiger charge is 2.09. The molecule has 0 fully saturated rings. The van der Waals surface area contributed by atoms with E-state index in [1.807, 2.05) is 30.3 Å². The van der Waals surface area contributed by atoms with Crippen molar-refractivity contribution >= 4 is 0 Å². The number of hydrogen-bond donors (Lipinski definition) is 1. The van der Waals surface area contributed by atoms with Gasteiger partial charge in [-0.05, 0) is 42.7 Å². The van der Waals surface area contributed by atoms with Crippen LogP contribution in [0, 0.1) is 6.92 Å². The van der Waals surface area contributed by atoms with Gasteiger partial charge < -0.3 is 14.6 Å². The van der Waals surface area contributed by atoms with E-state index < -0.39 is 6.10 Å². The molecule has 0 aliphatic carbocycles. The fourth-order valence-electron chi connectivity index (χ4n) is 1.99. The van der Waals surface area contributed by atoms with Gasteiger partial charge in [-0.25, -0.2) is 0 Å². The summed E-state index contributed by atoms with van der Waals surface area (Å²) >= 11 is 0. The van der Waals surface area contributed by atoms with E-state index in [2.05, 4.69) is 13.0 Å². The average Bonchev–Trinajstić information content (AvgIpc) is 2.46. The third-order valence-electron chi connectivity index (χ3n) is 3.31. The molecule has 2 aromatic carbocycles. The number of aliphatic hydroxyl groups excluding tert-OH is 1. The molecule has 0 aliphatic rings. The van der Waals surface area contributed by atoms with Crippen LogP contribution in [0.1, 0.15) is 29.7 Å². The van der Waals surface area contributed by atoms with Crippen LogP contribution in [0.4, 0.5) is 0 Å². The summed E-state index contributed by atoms with van der Waals surface area (Å²) in [6, 6.07) is 13.6. The van der Waals surface area contributed by atoms with Crippen LogP contribution in [0.5, 0.6) is 11.5 Å². The Morgan fingerprint density at radius 1 is 1.10 bits per heavy atom. The number of aryl methyl sites for hydroxylation is 1. The molecule has 1 atom stereocenters. The third-order valence-corrected chi connectivity index (χ3v) is 3.31. The lowest BCUT2D eigenvalue weighted by Crippen LogP contribution is -2.00. The largest absolute Gasteiger partial charge is 0.493 e. The summed E-state index contributed by atoms with van der Waals surface area (Å²) in [5, 5.41) is 9.58. The van der Waals surface area contributed by atoms with Crippen LogP contribution in [0.2, 0.25) is 0 Å². The molecule has 20 heavy (non-hydrogen) atoms. The average molecular weight is 272 g/mol. The summed E-state index contributed by atoms with van der Waals surface area (Å²) in [5.74, 6) is 1.32. The summed E-state index contributed by atoms with van der Waals surface area (Å²) in [6.45, 7) is 4.28. The molecule has 0 bridgehead atoms. The number of aliphatic hydroxyl groups is 1. The molecule has 2 aromatic rings. The molecule has 0 saturated carbocycles. The van der Waals surface area contributed by atoms with Crippen molar-refractivity contribution in [1.29, 1.82) is 0 Å². The van der Waals surface area contributed by atoms with Crippen molar-refractivity contribution in [2.75, 3.05) is 7.11 Å². The molecular formula is C17H20O3. The van der Waals surface area contributed by atoms with E-state index in [9.17, 15) is 5.11 Å². The van der Waals surface area contributed by atoms with Gasteiger partial charge in [0.1, 0.15) is 6.61 Å². The van der Waals surface area contributed by atoms with E-state index in [1.54, 1.807) is 20.1 Å². The minimum atomic E-state index is -0.519. The summed E-state index contributed by atoms with van der Waals surface area (Å²) in [6.07, 6.45) is -0.519. The van der Waals surface area contributed by atoms with Crippen molar-refractivity contribution in [3.05, 3.63) is 59.2 Å². The monoisotopic (exact) mass is 272 g/mol. The van der Waals surface area contributed by atoms with Crippen LogP contribution < -0.4 is 9.47 Å². The lowest BCUT2D eigenvalue weighted by Gasteiger charge is -2.14. The van der Waals surface area contributed by atoms with Gasteiger partial charge in [-0.15, -0.1) is 0 Å². The van der Waals surface area contributed by atoms with E-state index in [1.165, 1.54) is 5.56 Å². The second-order valence-electron chi connectivity index (χ2n) is 4.80. The van der Waals surface area contributed by atoms with Crippen molar-refractivity contribution < 1.29 is 14.6 Å². The maximum absolute atomic E-state index is 9.58. The predicted molar refractivity (Wildman–Crippen MR) is 79.1 cm³/mol. The van der Waals surface area contributed by atoms with Crippen molar-refractivity contribution in [2.24, 2.45) is 0 Å². The first-order valence-electron chi connectivity index (χ1n) is 6.65. The molecule has 3 nitrogen and oxygen atoms in total. The van der Waals surface area contributed by atoms with Crippen LogP contribution in [-0.4, -0.2) is 12.2 Å². The number of methoxy groups -OCH3 is 1. The normalized spacial score (nSPS) is 12.0. The molecule has 0 saturated heterocycles. The molecule has 0 amide bonds. The van der Waals surface area contributed by atoms with E-state index in [0.29, 0.717) is 18.1 Å². The van der Waals surface area contributed by atoms with Crippen LogP contribution in [0.3, 0.4) is 0 Å². The molecule has 2 rings (SSSR count). The summed E-state index contributed by atoms with van der Waals surface area (Å²) in [4.78, 5) is 0. The highest BCUT2D eigenvalue weighted by Crippen LogP contribution is 2.31. The molecular weight excluding hydrogens is 252 g/mol. The minimum absolute atomic E-state index is 0.497. The first kappa shape index (κ1) is 14.4. The zero-order valence-electron chi connectivity index (χ0n) is 12.1. The van der Waals surface area contributed by atoms with Gasteiger partial charge in [0.2, 0.25) is 0 Å². The Morgan fingerprint density at radius 2 is 1.85 bits per heavy atom. The second-order valence-corrected chi connectivity index (χ2v) is 4.80. The van der Waals surface area contributed by atoms with Gasteiger partial charge in [-0.3, -0.25) is 0 Å². The van der Waals surface area contributed by atoms with E-state index in [0.717, 1.165) is 11.1 Å². The highest BCUT2D eigenvalue weighted by atomic mass is 16.5. The molecule has 1 N–H and O–H groups in total. The molecule has 0 aliphatic heterocycles. The van der Waals surface area contributed by atoms with E-state index in [-0.39, 0.29) is 0 Å². The lowest BCUT2D eigenvalue weighted by atomic mass is 10.1. The molecule has 0 spiro atoms. The maximum atomic E-state index is 9.58. The van der Waals surface area contributed by atoms with Gasteiger partial charge >= 0.3 is 0 Å². The molecule has 1 unspecified atom stereocenters. The van der Waals surface area contributed by atoms with Crippen LogP contribution in [0.15, 0.2) is 42.5 Å². The maximum Gasteiger partial charge on any atom is 0.161 e. The third kappa shape index (κ3) is 3.31. The zero-order chi connectivity index (χ0) is 14.5. The zero-order valence-corrected chi connectivity index (χ0v) is 12.1. The molecule has 0 heterocycles. The SMILES string of the molecule is COc1cc(C(C)O)ccc1OCc1ccccc1C. The quantitative estimate of drug-likeness (QED) is 0.903. The second kappa shape index (κ2) is 6.44. The fourth-order valence-corrected chi connectivity index (χ4v) is 1.99. The molecule has 0 aromatic heterocycles. The Labute approximate surface area is 119 Å². The van der Waals surface area contributed by atoms with Crippen LogP contribution in [-0.2, 0) is 6.61 Å². The van der Waals surface area contributed by atoms with Gasteiger partial charge in [0.25, 0.3) is 0 Å². The first-order valence-corrected chi connectivity index (χ1v) is 6.65. The Hall–Kier alpha value is -2.00. The topological polar surface area (TPSA) is 38.7 Å². The minimum Gasteiger partial charge on any atom is -0.493 e. The Bertz CT molecular complexity index is 576. The fraction of sp³-hybridized carbons (Fsp3) is 0.294. The number of ether oxygens (including phenoxy) is 2. The molecule has 106 valence electrons. The van der Waals surface area contributed by atoms with E-state index >= 15 is 0 Å². The van der Waals surface area contributed by atoms with Crippen molar-refractivity contribution in [3.8, 4) is 11.5 Å². The van der Waals surface area contributed by atoms with E-state index in [4.69, 9.17) is 9.47 Å². The smallest absolute Gasteiger partial charge is 0.161 e. The van der Waals surface area contributed by atoms with Gasteiger partial charge in [0.15, 0.2) is 11.5 Å². The Morgan fingerprint density at radius 3 is 2.50 bits per heavy atom. The predicted octanol–water partition coefficient (Wildman–Crippen LogP) is 3.64. The van der Waals surface area contributed by atoms with Crippen molar-refractivity contribution in [2.45, 2.75) is 26.6 Å². The van der Waals surface area contributed by atoms with Gasteiger partial charge in [0, 0.05) is 0 Å². The van der Waals surface area contributed by atoms with Crippen molar-refractivity contribution in [3.63, 3.8) is 0 Å².